The first-order valence-electron chi connectivity index (χ1n) is 2.58. The largest absolute Gasteiger partial charge is 0.471 e. The molecule has 0 saturated carbocycles. The zero-order chi connectivity index (χ0) is 7.66. The van der Waals surface area contributed by atoms with Crippen molar-refractivity contribution in [3.63, 3.8) is 0 Å². The van der Waals surface area contributed by atoms with Gasteiger partial charge in [-0.05, 0) is 6.07 Å². The molecule has 0 aliphatic rings. The Balaban J connectivity index is 0.000000180. The van der Waals surface area contributed by atoms with Crippen LogP contribution >= 0.6 is 0 Å². The maximum atomic E-state index is 8.95. The second kappa shape index (κ2) is 7.55. The predicted molar refractivity (Wildman–Crippen MR) is 35.1 cm³/mol. The third kappa shape index (κ3) is 6.55. The fourth-order valence-corrected chi connectivity index (χ4v) is 0.253. The molecule has 4 nitrogen and oxygen atoms in total. The van der Waals surface area contributed by atoms with Crippen LogP contribution in [0, 0.1) is 0 Å². The van der Waals surface area contributed by atoms with Crippen molar-refractivity contribution in [1.29, 1.82) is 0 Å². The molecule has 4 heteroatoms. The minimum atomic E-state index is 0.375. The van der Waals surface area contributed by atoms with E-state index in [1.165, 1.54) is 13.4 Å². The van der Waals surface area contributed by atoms with Crippen LogP contribution in [0.5, 0.6) is 0 Å². The Kier molecular flexibility index (Phi) is 6.46. The first kappa shape index (κ1) is 8.55. The molecule has 0 aliphatic carbocycles. The van der Waals surface area contributed by atoms with E-state index in [2.05, 4.69) is 14.7 Å². The first-order chi connectivity index (χ1) is 4.91. The number of nitrogens with zero attached hydrogens (tertiary/aromatic N) is 2. The average molecular weight is 140 g/mol. The van der Waals surface area contributed by atoms with Crippen LogP contribution in [0.3, 0.4) is 0 Å². The SMILES string of the molecule is COC=O.c1cncnc1. The monoisotopic (exact) mass is 140 g/mol. The lowest BCUT2D eigenvalue weighted by atomic mass is 10.7. The van der Waals surface area contributed by atoms with E-state index in [0.29, 0.717) is 6.47 Å². The Bertz CT molecular complexity index is 128. The zero-order valence-corrected chi connectivity index (χ0v) is 5.60. The summed E-state index contributed by atoms with van der Waals surface area (Å²) in [6, 6.07) is 1.78. The Morgan fingerprint density at radius 2 is 1.90 bits per heavy atom. The molecule has 10 heavy (non-hydrogen) atoms. The standard InChI is InChI=1S/C4H4N2.C2H4O2/c1-2-5-4-6-3-1;1-4-2-3/h1-4H;2H,1H3. The lowest BCUT2D eigenvalue weighted by Crippen LogP contribution is -1.68. The van der Waals surface area contributed by atoms with Crippen molar-refractivity contribution in [2.24, 2.45) is 0 Å². The van der Waals surface area contributed by atoms with Gasteiger partial charge in [0.2, 0.25) is 0 Å². The van der Waals surface area contributed by atoms with E-state index in [9.17, 15) is 0 Å². The molecule has 1 aromatic rings. The van der Waals surface area contributed by atoms with Gasteiger partial charge in [0.25, 0.3) is 6.47 Å². The number of aromatic nitrogens is 2. The first-order valence-corrected chi connectivity index (χ1v) is 2.58. The molecule has 1 aromatic heterocycles. The number of hydrogen-bond donors (Lipinski definition) is 0. The smallest absolute Gasteiger partial charge is 0.292 e. The fourth-order valence-electron chi connectivity index (χ4n) is 0.253. The van der Waals surface area contributed by atoms with Gasteiger partial charge in [0.15, 0.2) is 0 Å². The van der Waals surface area contributed by atoms with Gasteiger partial charge in [-0.15, -0.1) is 0 Å². The van der Waals surface area contributed by atoms with Gasteiger partial charge in [-0.25, -0.2) is 9.97 Å². The second-order valence-corrected chi connectivity index (χ2v) is 1.24. The van der Waals surface area contributed by atoms with Gasteiger partial charge in [0.05, 0.1) is 7.11 Å². The van der Waals surface area contributed by atoms with Crippen molar-refractivity contribution < 1.29 is 9.53 Å². The Hall–Kier alpha value is -1.45. The number of rotatable bonds is 1. The molecule has 0 spiro atoms. The highest BCUT2D eigenvalue weighted by molar-refractivity contribution is 5.36. The number of carbonyl (C=O) groups excluding carboxylic acids is 1. The summed E-state index contributed by atoms with van der Waals surface area (Å²) in [5, 5.41) is 0. The van der Waals surface area contributed by atoms with Crippen LogP contribution in [0.2, 0.25) is 0 Å². The molecule has 0 fully saturated rings. The van der Waals surface area contributed by atoms with Crippen LogP contribution in [0.4, 0.5) is 0 Å². The number of hydrogen-bond acceptors (Lipinski definition) is 4. The fraction of sp³-hybridized carbons (Fsp3) is 0.167. The topological polar surface area (TPSA) is 52.1 Å². The lowest BCUT2D eigenvalue weighted by Gasteiger charge is -1.70. The van der Waals surface area contributed by atoms with Gasteiger partial charge >= 0.3 is 0 Å². The molecule has 0 N–H and O–H groups in total. The van der Waals surface area contributed by atoms with E-state index in [1.807, 2.05) is 0 Å². The summed E-state index contributed by atoms with van der Waals surface area (Å²) in [5.41, 5.74) is 0. The average Bonchev–Trinajstić information content (AvgIpc) is 2.08. The van der Waals surface area contributed by atoms with E-state index in [0.717, 1.165) is 0 Å². The minimum Gasteiger partial charge on any atom is -0.471 e. The van der Waals surface area contributed by atoms with Crippen LogP contribution in [-0.4, -0.2) is 23.5 Å². The lowest BCUT2D eigenvalue weighted by molar-refractivity contribution is -0.126. The van der Waals surface area contributed by atoms with Crippen molar-refractivity contribution in [1.82, 2.24) is 9.97 Å². The molecule has 0 aliphatic heterocycles. The van der Waals surface area contributed by atoms with Crippen LogP contribution in [0.25, 0.3) is 0 Å². The van der Waals surface area contributed by atoms with Crippen molar-refractivity contribution in [3.05, 3.63) is 24.8 Å². The van der Waals surface area contributed by atoms with Gasteiger partial charge in [-0.1, -0.05) is 0 Å². The molecular formula is C6H8N2O2. The van der Waals surface area contributed by atoms with Crippen molar-refractivity contribution in [2.75, 3.05) is 7.11 Å². The molecule has 0 saturated heterocycles. The molecular weight excluding hydrogens is 132 g/mol. The van der Waals surface area contributed by atoms with E-state index < -0.39 is 0 Å². The summed E-state index contributed by atoms with van der Waals surface area (Å²) in [6.07, 6.45) is 4.88. The van der Waals surface area contributed by atoms with E-state index in [-0.39, 0.29) is 0 Å². The summed E-state index contributed by atoms with van der Waals surface area (Å²) in [6.45, 7) is 0.375. The van der Waals surface area contributed by atoms with Gasteiger partial charge in [0.1, 0.15) is 6.33 Å². The molecule has 0 aromatic carbocycles. The molecule has 0 atom stereocenters. The highest BCUT2D eigenvalue weighted by Crippen LogP contribution is 1.66. The minimum absolute atomic E-state index is 0.375. The number of ether oxygens (including phenoxy) is 1. The molecule has 0 amide bonds. The van der Waals surface area contributed by atoms with Crippen LogP contribution < -0.4 is 0 Å². The van der Waals surface area contributed by atoms with Crippen LogP contribution in [0.15, 0.2) is 24.8 Å². The van der Waals surface area contributed by atoms with Crippen molar-refractivity contribution in [2.45, 2.75) is 0 Å². The third-order valence-electron chi connectivity index (χ3n) is 0.574. The van der Waals surface area contributed by atoms with E-state index in [1.54, 1.807) is 18.5 Å². The summed E-state index contributed by atoms with van der Waals surface area (Å²) < 4.78 is 3.86. The van der Waals surface area contributed by atoms with Crippen LogP contribution in [0.1, 0.15) is 0 Å². The number of carbonyl (C=O) groups is 1. The molecule has 0 unspecified atom stereocenters. The molecule has 1 rings (SSSR count). The zero-order valence-electron chi connectivity index (χ0n) is 5.60. The van der Waals surface area contributed by atoms with Crippen molar-refractivity contribution >= 4 is 6.47 Å². The van der Waals surface area contributed by atoms with Crippen molar-refractivity contribution in [3.8, 4) is 0 Å². The van der Waals surface area contributed by atoms with Crippen LogP contribution in [-0.2, 0) is 9.53 Å². The molecule has 0 radical (unpaired) electrons. The maximum absolute atomic E-state index is 8.95. The van der Waals surface area contributed by atoms with Gasteiger partial charge in [-0.2, -0.15) is 0 Å². The highest BCUT2D eigenvalue weighted by Gasteiger charge is 1.59. The Morgan fingerprint density at radius 1 is 1.40 bits per heavy atom. The normalized spacial score (nSPS) is 6.90. The molecule has 54 valence electrons. The summed E-state index contributed by atoms with van der Waals surface area (Å²) in [7, 11) is 1.31. The van der Waals surface area contributed by atoms with E-state index in [4.69, 9.17) is 4.79 Å². The number of methoxy groups -OCH3 is 1. The Labute approximate surface area is 58.9 Å². The summed E-state index contributed by atoms with van der Waals surface area (Å²) in [5.74, 6) is 0. The summed E-state index contributed by atoms with van der Waals surface area (Å²) >= 11 is 0. The second-order valence-electron chi connectivity index (χ2n) is 1.24. The molecule has 1 heterocycles. The third-order valence-corrected chi connectivity index (χ3v) is 0.574. The van der Waals surface area contributed by atoms with Gasteiger partial charge in [-0.3, -0.25) is 4.79 Å². The quantitative estimate of drug-likeness (QED) is 0.525. The highest BCUT2D eigenvalue weighted by atomic mass is 16.5. The van der Waals surface area contributed by atoms with Gasteiger partial charge < -0.3 is 4.74 Å². The Morgan fingerprint density at radius 3 is 2.00 bits per heavy atom. The summed E-state index contributed by atoms with van der Waals surface area (Å²) in [4.78, 5) is 16.3. The molecule has 0 bridgehead atoms. The maximum Gasteiger partial charge on any atom is 0.292 e. The predicted octanol–water partition coefficient (Wildman–Crippen LogP) is 0.266. The van der Waals surface area contributed by atoms with Gasteiger partial charge in [0, 0.05) is 12.4 Å². The van der Waals surface area contributed by atoms with E-state index >= 15 is 0 Å².